The Labute approximate surface area is 115 Å². The highest BCUT2D eigenvalue weighted by atomic mass is 16.1. The molecule has 3 aromatic rings. The molecule has 0 aliphatic carbocycles. The summed E-state index contributed by atoms with van der Waals surface area (Å²) in [5, 5.41) is 11.8. The van der Waals surface area contributed by atoms with Crippen molar-refractivity contribution in [3.8, 4) is 6.07 Å². The van der Waals surface area contributed by atoms with Gasteiger partial charge in [-0.1, -0.05) is 30.3 Å². The molecule has 0 spiro atoms. The second-order valence-corrected chi connectivity index (χ2v) is 4.48. The van der Waals surface area contributed by atoms with Crippen LogP contribution < -0.4 is 0 Å². The summed E-state index contributed by atoms with van der Waals surface area (Å²) in [5.74, 6) is 0. The van der Waals surface area contributed by atoms with Gasteiger partial charge in [0.15, 0.2) is 12.6 Å². The summed E-state index contributed by atoms with van der Waals surface area (Å²) in [5.41, 5.74) is 1.52. The van der Waals surface area contributed by atoms with Gasteiger partial charge in [-0.15, -0.1) is 0 Å². The molecule has 0 bridgehead atoms. The minimum atomic E-state index is 0.465. The van der Waals surface area contributed by atoms with Crippen LogP contribution in [0.15, 0.2) is 42.5 Å². The maximum absolute atomic E-state index is 11.5. The fraction of sp³-hybridized carbons (Fsp3) is 0. The fourth-order valence-corrected chi connectivity index (χ4v) is 2.57. The summed E-state index contributed by atoms with van der Waals surface area (Å²) < 4.78 is 0. The van der Waals surface area contributed by atoms with Gasteiger partial charge in [-0.25, -0.2) is 0 Å². The fourth-order valence-electron chi connectivity index (χ4n) is 2.57. The minimum Gasteiger partial charge on any atom is -0.298 e. The monoisotopic (exact) mass is 259 g/mol. The van der Waals surface area contributed by atoms with E-state index in [1.807, 2.05) is 24.3 Å². The lowest BCUT2D eigenvalue weighted by molar-refractivity contribution is 0.111. The number of nitriles is 1. The van der Waals surface area contributed by atoms with Gasteiger partial charge in [0.05, 0.1) is 11.6 Å². The van der Waals surface area contributed by atoms with Crippen molar-refractivity contribution in [2.45, 2.75) is 0 Å². The molecular formula is C17H9NO2. The first-order valence-corrected chi connectivity index (χ1v) is 6.09. The molecule has 0 amide bonds. The molecule has 3 aromatic carbocycles. The number of carbonyl (C=O) groups is 2. The van der Waals surface area contributed by atoms with Crippen LogP contribution in [0.4, 0.5) is 0 Å². The van der Waals surface area contributed by atoms with Gasteiger partial charge in [0.1, 0.15) is 0 Å². The van der Waals surface area contributed by atoms with Crippen molar-refractivity contribution in [2.75, 3.05) is 0 Å². The first-order valence-electron chi connectivity index (χ1n) is 6.09. The average Bonchev–Trinajstić information content (AvgIpc) is 2.51. The predicted molar refractivity (Wildman–Crippen MR) is 76.9 cm³/mol. The van der Waals surface area contributed by atoms with Crippen molar-refractivity contribution in [3.63, 3.8) is 0 Å². The lowest BCUT2D eigenvalue weighted by Crippen LogP contribution is -1.94. The van der Waals surface area contributed by atoms with Crippen LogP contribution in [0.25, 0.3) is 21.5 Å². The number of fused-ring (bicyclic) bond motifs is 2. The molecule has 0 aliphatic rings. The molecule has 0 aliphatic heterocycles. The zero-order valence-electron chi connectivity index (χ0n) is 10.5. The van der Waals surface area contributed by atoms with Crippen LogP contribution in [0.1, 0.15) is 26.3 Å². The second kappa shape index (κ2) is 4.60. The van der Waals surface area contributed by atoms with E-state index in [2.05, 4.69) is 6.07 Å². The Morgan fingerprint density at radius 3 is 1.90 bits per heavy atom. The number of nitrogens with zero attached hydrogens (tertiary/aromatic N) is 1. The number of carbonyl (C=O) groups excluding carboxylic acids is 2. The molecule has 94 valence electrons. The lowest BCUT2D eigenvalue weighted by atomic mass is 9.92. The number of rotatable bonds is 2. The average molecular weight is 259 g/mol. The third kappa shape index (κ3) is 1.59. The van der Waals surface area contributed by atoms with Crippen molar-refractivity contribution in [2.24, 2.45) is 0 Å². The summed E-state index contributed by atoms with van der Waals surface area (Å²) in [6, 6.07) is 14.4. The number of hydrogen-bond donors (Lipinski definition) is 0. The number of hydrogen-bond acceptors (Lipinski definition) is 3. The highest BCUT2D eigenvalue weighted by Crippen LogP contribution is 2.31. The van der Waals surface area contributed by atoms with E-state index in [4.69, 9.17) is 5.26 Å². The van der Waals surface area contributed by atoms with E-state index < -0.39 is 0 Å². The van der Waals surface area contributed by atoms with Gasteiger partial charge in [0.2, 0.25) is 0 Å². The summed E-state index contributed by atoms with van der Waals surface area (Å²) in [6.45, 7) is 0. The van der Waals surface area contributed by atoms with E-state index >= 15 is 0 Å². The SMILES string of the molecule is N#Cc1ccc2c(C=O)c3ccccc3c(C=O)c2c1. The van der Waals surface area contributed by atoms with Crippen LogP contribution in [0, 0.1) is 11.3 Å². The van der Waals surface area contributed by atoms with Gasteiger partial charge >= 0.3 is 0 Å². The van der Waals surface area contributed by atoms with Crippen LogP contribution >= 0.6 is 0 Å². The molecule has 3 nitrogen and oxygen atoms in total. The van der Waals surface area contributed by atoms with E-state index in [9.17, 15) is 9.59 Å². The van der Waals surface area contributed by atoms with Crippen molar-refractivity contribution in [1.29, 1.82) is 5.26 Å². The van der Waals surface area contributed by atoms with Gasteiger partial charge in [-0.05, 0) is 33.7 Å². The largest absolute Gasteiger partial charge is 0.298 e. The van der Waals surface area contributed by atoms with Crippen LogP contribution in [0.2, 0.25) is 0 Å². The zero-order valence-corrected chi connectivity index (χ0v) is 10.5. The van der Waals surface area contributed by atoms with Crippen LogP contribution in [-0.2, 0) is 0 Å². The Morgan fingerprint density at radius 2 is 1.35 bits per heavy atom. The first-order chi connectivity index (χ1) is 9.80. The van der Waals surface area contributed by atoms with Gasteiger partial charge in [-0.2, -0.15) is 5.26 Å². The van der Waals surface area contributed by atoms with Crippen molar-refractivity contribution in [3.05, 3.63) is 59.2 Å². The van der Waals surface area contributed by atoms with Crippen molar-refractivity contribution < 1.29 is 9.59 Å². The summed E-state index contributed by atoms with van der Waals surface area (Å²) in [4.78, 5) is 22.9. The summed E-state index contributed by atoms with van der Waals surface area (Å²) in [7, 11) is 0. The minimum absolute atomic E-state index is 0.465. The van der Waals surface area contributed by atoms with Crippen molar-refractivity contribution in [1.82, 2.24) is 0 Å². The Hall–Kier alpha value is -2.99. The summed E-state index contributed by atoms with van der Waals surface area (Å²) in [6.07, 6.45) is 1.58. The van der Waals surface area contributed by atoms with Gasteiger partial charge in [0, 0.05) is 11.1 Å². The molecule has 0 atom stereocenters. The van der Waals surface area contributed by atoms with Gasteiger partial charge in [0.25, 0.3) is 0 Å². The lowest BCUT2D eigenvalue weighted by Gasteiger charge is -2.10. The molecule has 0 N–H and O–H groups in total. The van der Waals surface area contributed by atoms with Crippen LogP contribution in [0.3, 0.4) is 0 Å². The van der Waals surface area contributed by atoms with E-state index in [0.29, 0.717) is 27.5 Å². The normalized spacial score (nSPS) is 10.3. The molecule has 20 heavy (non-hydrogen) atoms. The molecule has 3 rings (SSSR count). The summed E-state index contributed by atoms with van der Waals surface area (Å²) >= 11 is 0. The highest BCUT2D eigenvalue weighted by molar-refractivity contribution is 6.20. The number of aldehydes is 2. The standard InChI is InChI=1S/C17H9NO2/c18-8-11-5-6-14-15(7-11)17(10-20)13-4-2-1-3-12(13)16(14)9-19/h1-7,9-10H. The zero-order chi connectivity index (χ0) is 14.1. The Balaban J connectivity index is 2.65. The molecule has 0 radical (unpaired) electrons. The molecule has 3 heteroatoms. The first kappa shape index (κ1) is 12.1. The Bertz CT molecular complexity index is 904. The third-order valence-electron chi connectivity index (χ3n) is 3.47. The van der Waals surface area contributed by atoms with E-state index in [0.717, 1.165) is 23.3 Å². The molecule has 0 aromatic heterocycles. The Kier molecular flexibility index (Phi) is 2.77. The molecular weight excluding hydrogens is 250 g/mol. The maximum atomic E-state index is 11.5. The Morgan fingerprint density at radius 1 is 0.800 bits per heavy atom. The predicted octanol–water partition coefficient (Wildman–Crippen LogP) is 3.49. The maximum Gasteiger partial charge on any atom is 0.151 e. The van der Waals surface area contributed by atoms with Gasteiger partial charge in [-0.3, -0.25) is 9.59 Å². The molecule has 0 fully saturated rings. The molecule has 0 saturated carbocycles. The second-order valence-electron chi connectivity index (χ2n) is 4.48. The van der Waals surface area contributed by atoms with E-state index in [1.165, 1.54) is 0 Å². The highest BCUT2D eigenvalue weighted by Gasteiger charge is 2.13. The van der Waals surface area contributed by atoms with Crippen LogP contribution in [0.5, 0.6) is 0 Å². The van der Waals surface area contributed by atoms with Crippen LogP contribution in [-0.4, -0.2) is 12.6 Å². The number of benzene rings is 3. The molecule has 0 unspecified atom stereocenters. The topological polar surface area (TPSA) is 57.9 Å². The smallest absolute Gasteiger partial charge is 0.151 e. The molecule has 0 heterocycles. The third-order valence-corrected chi connectivity index (χ3v) is 3.47. The van der Waals surface area contributed by atoms with E-state index in [-0.39, 0.29) is 0 Å². The van der Waals surface area contributed by atoms with Gasteiger partial charge < -0.3 is 0 Å². The quantitative estimate of drug-likeness (QED) is 0.523. The van der Waals surface area contributed by atoms with E-state index in [1.54, 1.807) is 18.2 Å². The molecule has 0 saturated heterocycles. The van der Waals surface area contributed by atoms with Crippen molar-refractivity contribution >= 4 is 34.1 Å².